The summed E-state index contributed by atoms with van der Waals surface area (Å²) in [5.74, 6) is 2.42. The van der Waals surface area contributed by atoms with Gasteiger partial charge in [-0.15, -0.1) is 0 Å². The molecule has 0 spiro atoms. The number of fused-ring (bicyclic) bond motifs is 1. The number of piperidine rings is 1. The molecule has 2 aromatic rings. The van der Waals surface area contributed by atoms with E-state index in [9.17, 15) is 9.59 Å². The summed E-state index contributed by atoms with van der Waals surface area (Å²) in [5.41, 5.74) is 2.21. The summed E-state index contributed by atoms with van der Waals surface area (Å²) in [6.45, 7) is 2.09. The average Bonchev–Trinajstić information content (AvgIpc) is 3.64. The third kappa shape index (κ3) is 6.13. The first-order valence-corrected chi connectivity index (χ1v) is 14.5. The molecular weight excluding hydrogens is 516 g/mol. The van der Waals surface area contributed by atoms with Crippen LogP contribution in [-0.4, -0.2) is 58.5 Å². The number of benzene rings is 1. The summed E-state index contributed by atoms with van der Waals surface area (Å²) >= 11 is 6.63. The van der Waals surface area contributed by atoms with Gasteiger partial charge in [-0.05, 0) is 56.4 Å². The zero-order chi connectivity index (χ0) is 26.8. The molecule has 1 aromatic carbocycles. The largest absolute Gasteiger partial charge is 0.489 e. The number of anilines is 3. The van der Waals surface area contributed by atoms with Crippen LogP contribution >= 0.6 is 11.6 Å². The molecule has 1 saturated heterocycles. The fourth-order valence-electron chi connectivity index (χ4n) is 5.64. The van der Waals surface area contributed by atoms with E-state index in [0.29, 0.717) is 52.9 Å². The second-order valence-electron chi connectivity index (χ2n) is 11.0. The number of nitrogens with zero attached hydrogens (tertiary/aromatic N) is 3. The molecule has 1 aromatic heterocycles. The first-order valence-electron chi connectivity index (χ1n) is 14.2. The van der Waals surface area contributed by atoms with Gasteiger partial charge in [0.05, 0.1) is 10.6 Å². The number of rotatable bonds is 7. The molecule has 3 fully saturated rings. The maximum Gasteiger partial charge on any atom is 0.247 e. The standard InChI is InChI=1S/C29H35ClN6O3/c30-24-16-21(7-8-25(24)39-22-10-13-36(14-11-22)29(38)18-3-1-2-4-18)34-27-23-15-19(28(37)35-20-5-6-20)9-12-31-26(23)32-17-33-27/h7-8,15-18,20,22H,1-6,9-14H2,(H,35,37)(H2,31,32,33,34). The highest BCUT2D eigenvalue weighted by Crippen LogP contribution is 2.34. The molecule has 2 saturated carbocycles. The van der Waals surface area contributed by atoms with Crippen LogP contribution < -0.4 is 20.7 Å². The van der Waals surface area contributed by atoms with Crippen molar-refractivity contribution in [1.82, 2.24) is 20.2 Å². The van der Waals surface area contributed by atoms with Crippen LogP contribution in [0.3, 0.4) is 0 Å². The highest BCUT2D eigenvalue weighted by atomic mass is 35.5. The van der Waals surface area contributed by atoms with Crippen molar-refractivity contribution >= 4 is 46.8 Å². The number of ether oxygens (including phenoxy) is 1. The fourth-order valence-corrected chi connectivity index (χ4v) is 5.86. The lowest BCUT2D eigenvalue weighted by molar-refractivity contribution is -0.137. The van der Waals surface area contributed by atoms with Crippen LogP contribution in [0.4, 0.5) is 17.3 Å². The third-order valence-corrected chi connectivity index (χ3v) is 8.34. The maximum absolute atomic E-state index is 12.7. The Morgan fingerprint density at radius 3 is 2.59 bits per heavy atom. The quantitative estimate of drug-likeness (QED) is 0.449. The van der Waals surface area contributed by atoms with Crippen molar-refractivity contribution in [2.45, 2.75) is 69.9 Å². The number of carbonyl (C=O) groups is 2. The highest BCUT2D eigenvalue weighted by molar-refractivity contribution is 6.32. The summed E-state index contributed by atoms with van der Waals surface area (Å²) in [6, 6.07) is 5.89. The number of amides is 2. The second kappa shape index (κ2) is 11.4. The van der Waals surface area contributed by atoms with Crippen LogP contribution in [0.25, 0.3) is 6.08 Å². The van der Waals surface area contributed by atoms with Crippen molar-refractivity contribution < 1.29 is 14.3 Å². The second-order valence-corrected chi connectivity index (χ2v) is 11.4. The summed E-state index contributed by atoms with van der Waals surface area (Å²) in [5, 5.41) is 10.2. The molecule has 0 bridgehead atoms. The number of carbonyl (C=O) groups excluding carboxylic acids is 2. The van der Waals surface area contributed by atoms with Gasteiger partial charge in [-0.2, -0.15) is 0 Å². The molecule has 2 aliphatic carbocycles. The van der Waals surface area contributed by atoms with Crippen molar-refractivity contribution in [2.24, 2.45) is 5.92 Å². The Morgan fingerprint density at radius 2 is 1.85 bits per heavy atom. The Labute approximate surface area is 233 Å². The Bertz CT molecular complexity index is 1270. The summed E-state index contributed by atoms with van der Waals surface area (Å²) in [6.07, 6.45) is 12.1. The van der Waals surface area contributed by atoms with E-state index in [0.717, 1.165) is 62.9 Å². The van der Waals surface area contributed by atoms with E-state index in [1.54, 1.807) is 0 Å². The van der Waals surface area contributed by atoms with E-state index in [1.165, 1.54) is 19.2 Å². The summed E-state index contributed by atoms with van der Waals surface area (Å²) in [4.78, 5) is 36.3. The van der Waals surface area contributed by atoms with Crippen LogP contribution in [0, 0.1) is 5.92 Å². The molecular formula is C29H35ClN6O3. The molecule has 6 rings (SSSR count). The number of aromatic nitrogens is 2. The first-order chi connectivity index (χ1) is 19.0. The van der Waals surface area contributed by atoms with E-state index < -0.39 is 0 Å². The Hall–Kier alpha value is -3.33. The molecule has 206 valence electrons. The predicted molar refractivity (Wildman–Crippen MR) is 151 cm³/mol. The highest BCUT2D eigenvalue weighted by Gasteiger charge is 2.31. The zero-order valence-corrected chi connectivity index (χ0v) is 22.8. The van der Waals surface area contributed by atoms with Gasteiger partial charge in [0.1, 0.15) is 29.8 Å². The van der Waals surface area contributed by atoms with Gasteiger partial charge < -0.3 is 25.6 Å². The summed E-state index contributed by atoms with van der Waals surface area (Å²) in [7, 11) is 0. The van der Waals surface area contributed by atoms with Crippen molar-refractivity contribution in [1.29, 1.82) is 0 Å². The van der Waals surface area contributed by atoms with Crippen LogP contribution in [0.5, 0.6) is 5.75 Å². The van der Waals surface area contributed by atoms with Gasteiger partial charge in [-0.1, -0.05) is 24.4 Å². The molecule has 0 atom stereocenters. The minimum absolute atomic E-state index is 0.0276. The number of hydrogen-bond acceptors (Lipinski definition) is 7. The molecule has 2 aliphatic heterocycles. The first kappa shape index (κ1) is 25.9. The normalized spacial score (nSPS) is 19.9. The van der Waals surface area contributed by atoms with E-state index in [-0.39, 0.29) is 17.9 Å². The lowest BCUT2D eigenvalue weighted by Crippen LogP contribution is -2.44. The van der Waals surface area contributed by atoms with Gasteiger partial charge in [-0.3, -0.25) is 9.59 Å². The molecule has 4 aliphatic rings. The van der Waals surface area contributed by atoms with Gasteiger partial charge in [-0.25, -0.2) is 9.97 Å². The topological polar surface area (TPSA) is 108 Å². The SMILES string of the molecule is O=C(NC1CC1)C1=Cc2c(ncnc2Nc2ccc(OC3CCN(C(=O)C4CCCC4)CC3)c(Cl)c2)NCC1. The Kier molecular flexibility index (Phi) is 7.59. The van der Waals surface area contributed by atoms with E-state index in [1.807, 2.05) is 29.2 Å². The van der Waals surface area contributed by atoms with Gasteiger partial charge >= 0.3 is 0 Å². The van der Waals surface area contributed by atoms with Crippen LogP contribution in [0.2, 0.25) is 5.02 Å². The lowest BCUT2D eigenvalue weighted by Gasteiger charge is -2.33. The fraction of sp³-hybridized carbons (Fsp3) is 0.517. The van der Waals surface area contributed by atoms with Gasteiger partial charge in [0, 0.05) is 55.7 Å². The predicted octanol–water partition coefficient (Wildman–Crippen LogP) is 4.91. The summed E-state index contributed by atoms with van der Waals surface area (Å²) < 4.78 is 6.24. The zero-order valence-electron chi connectivity index (χ0n) is 22.0. The van der Waals surface area contributed by atoms with Crippen molar-refractivity contribution in [3.05, 3.63) is 40.7 Å². The van der Waals surface area contributed by atoms with Gasteiger partial charge in [0.25, 0.3) is 0 Å². The number of halogens is 1. The number of likely N-dealkylation sites (tertiary alicyclic amines) is 1. The number of hydrogen-bond donors (Lipinski definition) is 3. The molecule has 10 heteroatoms. The molecule has 39 heavy (non-hydrogen) atoms. The minimum Gasteiger partial charge on any atom is -0.489 e. The smallest absolute Gasteiger partial charge is 0.247 e. The molecule has 0 radical (unpaired) electrons. The van der Waals surface area contributed by atoms with Crippen molar-refractivity contribution in [2.75, 3.05) is 30.3 Å². The number of nitrogens with one attached hydrogen (secondary N) is 3. The molecule has 2 amide bonds. The maximum atomic E-state index is 12.7. The van der Waals surface area contributed by atoms with Crippen LogP contribution in [0.15, 0.2) is 30.1 Å². The van der Waals surface area contributed by atoms with Crippen LogP contribution in [-0.2, 0) is 9.59 Å². The minimum atomic E-state index is -0.0276. The monoisotopic (exact) mass is 550 g/mol. The van der Waals surface area contributed by atoms with E-state index >= 15 is 0 Å². The van der Waals surface area contributed by atoms with E-state index in [4.69, 9.17) is 16.3 Å². The van der Waals surface area contributed by atoms with Gasteiger partial charge in [0.2, 0.25) is 11.8 Å². The van der Waals surface area contributed by atoms with Crippen LogP contribution in [0.1, 0.15) is 63.4 Å². The average molecular weight is 551 g/mol. The van der Waals surface area contributed by atoms with Crippen molar-refractivity contribution in [3.63, 3.8) is 0 Å². The Balaban J connectivity index is 1.10. The van der Waals surface area contributed by atoms with E-state index in [2.05, 4.69) is 25.9 Å². The Morgan fingerprint density at radius 1 is 1.05 bits per heavy atom. The van der Waals surface area contributed by atoms with Crippen molar-refractivity contribution in [3.8, 4) is 5.75 Å². The molecule has 3 N–H and O–H groups in total. The molecule has 9 nitrogen and oxygen atoms in total. The molecule has 3 heterocycles. The lowest BCUT2D eigenvalue weighted by atomic mass is 10.0. The van der Waals surface area contributed by atoms with Gasteiger partial charge in [0.15, 0.2) is 0 Å². The third-order valence-electron chi connectivity index (χ3n) is 8.04. The molecule has 0 unspecified atom stereocenters.